The summed E-state index contributed by atoms with van der Waals surface area (Å²) in [5.41, 5.74) is 8.05. The van der Waals surface area contributed by atoms with E-state index in [-0.39, 0.29) is 0 Å². The quantitative estimate of drug-likeness (QED) is 0.619. The van der Waals surface area contributed by atoms with Crippen LogP contribution in [0.4, 0.5) is 11.4 Å². The standard InChI is InChI=1S/C14H20IN3/c15-13-9-11(16)4-5-14(13)18-8-7-17-6-2-1-3-12(17)10-18/h4-5,9,12H,1-3,6-8,10,16H2. The molecule has 0 aromatic heterocycles. The molecule has 18 heavy (non-hydrogen) atoms. The third-order valence-corrected chi connectivity index (χ3v) is 5.01. The summed E-state index contributed by atoms with van der Waals surface area (Å²) in [6, 6.07) is 7.03. The molecule has 2 heterocycles. The van der Waals surface area contributed by atoms with Crippen LogP contribution in [0.1, 0.15) is 19.3 Å². The van der Waals surface area contributed by atoms with Crippen molar-refractivity contribution in [1.82, 2.24) is 4.90 Å². The molecule has 98 valence electrons. The number of halogens is 1. The molecule has 0 amide bonds. The van der Waals surface area contributed by atoms with Crippen molar-refractivity contribution in [1.29, 1.82) is 0 Å². The number of nitrogen functional groups attached to an aromatic ring is 1. The number of hydrogen-bond acceptors (Lipinski definition) is 3. The van der Waals surface area contributed by atoms with E-state index in [1.165, 1.54) is 48.2 Å². The van der Waals surface area contributed by atoms with Gasteiger partial charge in [0.15, 0.2) is 0 Å². The second-order valence-electron chi connectivity index (χ2n) is 5.34. The van der Waals surface area contributed by atoms with Crippen LogP contribution in [0.5, 0.6) is 0 Å². The molecule has 2 aliphatic heterocycles. The van der Waals surface area contributed by atoms with Gasteiger partial charge in [-0.25, -0.2) is 0 Å². The number of fused-ring (bicyclic) bond motifs is 1. The van der Waals surface area contributed by atoms with E-state index < -0.39 is 0 Å². The Labute approximate surface area is 122 Å². The molecule has 1 aromatic rings. The van der Waals surface area contributed by atoms with Gasteiger partial charge in [-0.15, -0.1) is 0 Å². The fraction of sp³-hybridized carbons (Fsp3) is 0.571. The van der Waals surface area contributed by atoms with E-state index in [4.69, 9.17) is 5.73 Å². The molecule has 0 spiro atoms. The Morgan fingerprint density at radius 2 is 2.06 bits per heavy atom. The predicted octanol–water partition coefficient (Wildman–Crippen LogP) is 2.55. The summed E-state index contributed by atoms with van der Waals surface area (Å²) < 4.78 is 1.27. The number of nitrogens with two attached hydrogens (primary N) is 1. The third-order valence-electron chi connectivity index (χ3n) is 4.15. The van der Waals surface area contributed by atoms with Crippen LogP contribution in [-0.4, -0.2) is 37.1 Å². The first-order chi connectivity index (χ1) is 8.74. The summed E-state index contributed by atoms with van der Waals surface area (Å²) in [7, 11) is 0. The number of nitrogens with zero attached hydrogens (tertiary/aromatic N) is 2. The monoisotopic (exact) mass is 357 g/mol. The highest BCUT2D eigenvalue weighted by Gasteiger charge is 2.29. The average molecular weight is 357 g/mol. The Hall–Kier alpha value is -0.490. The predicted molar refractivity (Wildman–Crippen MR) is 85.0 cm³/mol. The molecule has 2 N–H and O–H groups in total. The van der Waals surface area contributed by atoms with Crippen LogP contribution in [0.3, 0.4) is 0 Å². The fourth-order valence-electron chi connectivity index (χ4n) is 3.15. The second kappa shape index (κ2) is 5.25. The molecule has 3 nitrogen and oxygen atoms in total. The van der Waals surface area contributed by atoms with E-state index in [0.29, 0.717) is 0 Å². The van der Waals surface area contributed by atoms with Gasteiger partial charge in [0.2, 0.25) is 0 Å². The lowest BCUT2D eigenvalue weighted by molar-refractivity contribution is 0.133. The van der Waals surface area contributed by atoms with E-state index in [9.17, 15) is 0 Å². The van der Waals surface area contributed by atoms with E-state index in [1.807, 2.05) is 6.07 Å². The number of piperidine rings is 1. The van der Waals surface area contributed by atoms with Crippen molar-refractivity contribution >= 4 is 34.0 Å². The molecule has 3 rings (SSSR count). The van der Waals surface area contributed by atoms with Gasteiger partial charge in [0.05, 0.1) is 5.69 Å². The Kier molecular flexibility index (Phi) is 3.66. The van der Waals surface area contributed by atoms with E-state index >= 15 is 0 Å². The SMILES string of the molecule is Nc1ccc(N2CCN3CCCCC3C2)c(I)c1. The molecule has 1 atom stereocenters. The lowest BCUT2D eigenvalue weighted by Gasteiger charge is -2.45. The van der Waals surface area contributed by atoms with Crippen LogP contribution in [-0.2, 0) is 0 Å². The minimum absolute atomic E-state index is 0.765. The summed E-state index contributed by atoms with van der Waals surface area (Å²) in [6.45, 7) is 4.85. The first-order valence-electron chi connectivity index (χ1n) is 6.78. The lowest BCUT2D eigenvalue weighted by atomic mass is 9.99. The van der Waals surface area contributed by atoms with Gasteiger partial charge in [-0.1, -0.05) is 6.42 Å². The van der Waals surface area contributed by atoms with E-state index in [0.717, 1.165) is 18.3 Å². The van der Waals surface area contributed by atoms with E-state index in [1.54, 1.807) is 0 Å². The van der Waals surface area contributed by atoms with Gasteiger partial charge >= 0.3 is 0 Å². The maximum Gasteiger partial charge on any atom is 0.0504 e. The Bertz CT molecular complexity index is 435. The summed E-state index contributed by atoms with van der Waals surface area (Å²) in [6.07, 6.45) is 4.14. The average Bonchev–Trinajstić information content (AvgIpc) is 2.38. The topological polar surface area (TPSA) is 32.5 Å². The van der Waals surface area contributed by atoms with Crippen LogP contribution in [0.25, 0.3) is 0 Å². The van der Waals surface area contributed by atoms with E-state index in [2.05, 4.69) is 44.5 Å². The van der Waals surface area contributed by atoms with Crippen molar-refractivity contribution in [3.8, 4) is 0 Å². The molecule has 1 aromatic carbocycles. The zero-order valence-electron chi connectivity index (χ0n) is 10.6. The molecular formula is C14H20IN3. The van der Waals surface area contributed by atoms with Crippen molar-refractivity contribution in [2.45, 2.75) is 25.3 Å². The van der Waals surface area contributed by atoms with Gasteiger partial charge in [-0.05, 0) is 60.2 Å². The molecule has 0 saturated carbocycles. The minimum Gasteiger partial charge on any atom is -0.399 e. The molecule has 2 saturated heterocycles. The van der Waals surface area contributed by atoms with Gasteiger partial charge in [0.25, 0.3) is 0 Å². The van der Waals surface area contributed by atoms with Crippen molar-refractivity contribution in [2.24, 2.45) is 0 Å². The molecule has 2 fully saturated rings. The number of hydrogen-bond donors (Lipinski definition) is 1. The lowest BCUT2D eigenvalue weighted by Crippen LogP contribution is -2.55. The first-order valence-corrected chi connectivity index (χ1v) is 7.86. The third kappa shape index (κ3) is 2.45. The zero-order valence-corrected chi connectivity index (χ0v) is 12.8. The highest BCUT2D eigenvalue weighted by Crippen LogP contribution is 2.29. The number of anilines is 2. The highest BCUT2D eigenvalue weighted by atomic mass is 127. The van der Waals surface area contributed by atoms with Crippen molar-refractivity contribution in [3.05, 3.63) is 21.8 Å². The van der Waals surface area contributed by atoms with Gasteiger partial charge in [-0.2, -0.15) is 0 Å². The first kappa shape index (κ1) is 12.5. The summed E-state index contributed by atoms with van der Waals surface area (Å²) in [4.78, 5) is 5.21. The van der Waals surface area contributed by atoms with Crippen molar-refractivity contribution < 1.29 is 0 Å². The number of piperazine rings is 1. The zero-order chi connectivity index (χ0) is 12.5. The van der Waals surface area contributed by atoms with Crippen LogP contribution < -0.4 is 10.6 Å². The van der Waals surface area contributed by atoms with Crippen LogP contribution in [0.2, 0.25) is 0 Å². The Morgan fingerprint density at radius 3 is 2.89 bits per heavy atom. The van der Waals surface area contributed by atoms with Crippen molar-refractivity contribution in [2.75, 3.05) is 36.8 Å². The number of rotatable bonds is 1. The molecule has 2 aliphatic rings. The van der Waals surface area contributed by atoms with Crippen molar-refractivity contribution in [3.63, 3.8) is 0 Å². The number of benzene rings is 1. The minimum atomic E-state index is 0.765. The normalized spacial score (nSPS) is 24.9. The Morgan fingerprint density at radius 1 is 1.17 bits per heavy atom. The summed E-state index contributed by atoms with van der Waals surface area (Å²) >= 11 is 2.40. The van der Waals surface area contributed by atoms with Gasteiger partial charge in [0, 0.05) is 34.9 Å². The summed E-state index contributed by atoms with van der Waals surface area (Å²) in [5, 5.41) is 0. The van der Waals surface area contributed by atoms with Gasteiger partial charge < -0.3 is 10.6 Å². The highest BCUT2D eigenvalue weighted by molar-refractivity contribution is 14.1. The molecular weight excluding hydrogens is 337 g/mol. The van der Waals surface area contributed by atoms with Crippen LogP contribution in [0.15, 0.2) is 18.2 Å². The molecule has 0 radical (unpaired) electrons. The molecule has 1 unspecified atom stereocenters. The van der Waals surface area contributed by atoms with Gasteiger partial charge in [-0.3, -0.25) is 4.90 Å². The Balaban J connectivity index is 1.77. The second-order valence-corrected chi connectivity index (χ2v) is 6.50. The summed E-state index contributed by atoms with van der Waals surface area (Å²) in [5.74, 6) is 0. The van der Waals surface area contributed by atoms with Gasteiger partial charge in [0.1, 0.15) is 0 Å². The molecule has 4 heteroatoms. The largest absolute Gasteiger partial charge is 0.399 e. The van der Waals surface area contributed by atoms with Crippen LogP contribution >= 0.6 is 22.6 Å². The maximum atomic E-state index is 5.83. The smallest absolute Gasteiger partial charge is 0.0504 e. The molecule has 0 bridgehead atoms. The molecule has 0 aliphatic carbocycles. The maximum absolute atomic E-state index is 5.83. The van der Waals surface area contributed by atoms with Crippen LogP contribution in [0, 0.1) is 3.57 Å². The fourth-order valence-corrected chi connectivity index (χ4v) is 4.03.